The molecule has 0 atom stereocenters. The number of nitrogens with one attached hydrogen (secondary N) is 1. The van der Waals surface area contributed by atoms with Crippen molar-refractivity contribution >= 4 is 0 Å². The molecular weight excluding hydrogens is 128 g/mol. The first-order valence-corrected chi connectivity index (χ1v) is 3.41. The molecule has 0 bridgehead atoms. The van der Waals surface area contributed by atoms with Crippen molar-refractivity contribution in [3.63, 3.8) is 0 Å². The van der Waals surface area contributed by atoms with Gasteiger partial charge < -0.3 is 9.84 Å². The summed E-state index contributed by atoms with van der Waals surface area (Å²) in [5.41, 5.74) is 0.953. The van der Waals surface area contributed by atoms with E-state index in [1.165, 1.54) is 0 Å². The van der Waals surface area contributed by atoms with Crippen molar-refractivity contribution in [2.45, 2.75) is 26.4 Å². The fourth-order valence-electron chi connectivity index (χ4n) is 0.637. The largest absolute Gasteiger partial charge is 0.364 e. The fourth-order valence-corrected chi connectivity index (χ4v) is 0.637. The van der Waals surface area contributed by atoms with Gasteiger partial charge in [-0.3, -0.25) is 0 Å². The van der Waals surface area contributed by atoms with Gasteiger partial charge in [0.1, 0.15) is 6.26 Å². The summed E-state index contributed by atoms with van der Waals surface area (Å²) in [6.45, 7) is 4.98. The van der Waals surface area contributed by atoms with Crippen LogP contribution in [0.3, 0.4) is 0 Å². The molecule has 1 aromatic heterocycles. The average Bonchev–Trinajstić information content (AvgIpc) is 2.34. The van der Waals surface area contributed by atoms with Crippen molar-refractivity contribution < 1.29 is 4.52 Å². The molecule has 1 rings (SSSR count). The average molecular weight is 140 g/mol. The van der Waals surface area contributed by atoms with E-state index < -0.39 is 0 Å². The molecule has 10 heavy (non-hydrogen) atoms. The van der Waals surface area contributed by atoms with Crippen LogP contribution in [0.15, 0.2) is 16.9 Å². The standard InChI is InChI=1S/C7H12N2O/c1-6(2)8-5-7-3-4-10-9-7/h3-4,6,8H,5H2,1-2H3. The minimum absolute atomic E-state index is 0.497. The summed E-state index contributed by atoms with van der Waals surface area (Å²) in [4.78, 5) is 0. The molecule has 3 nitrogen and oxygen atoms in total. The number of aromatic nitrogens is 1. The SMILES string of the molecule is CC(C)NCc1ccon1. The van der Waals surface area contributed by atoms with Gasteiger partial charge >= 0.3 is 0 Å². The Labute approximate surface area is 60.4 Å². The van der Waals surface area contributed by atoms with Gasteiger partial charge in [-0.25, -0.2) is 0 Å². The molecule has 0 aromatic carbocycles. The predicted molar refractivity (Wildman–Crippen MR) is 38.5 cm³/mol. The smallest absolute Gasteiger partial charge is 0.124 e. The van der Waals surface area contributed by atoms with Gasteiger partial charge in [0.15, 0.2) is 0 Å². The Morgan fingerprint density at radius 1 is 1.70 bits per heavy atom. The van der Waals surface area contributed by atoms with Gasteiger partial charge in [-0.2, -0.15) is 0 Å². The van der Waals surface area contributed by atoms with Gasteiger partial charge in [-0.1, -0.05) is 19.0 Å². The van der Waals surface area contributed by atoms with Crippen molar-refractivity contribution in [1.82, 2.24) is 10.5 Å². The summed E-state index contributed by atoms with van der Waals surface area (Å²) < 4.78 is 4.66. The molecule has 0 fully saturated rings. The number of hydrogen-bond acceptors (Lipinski definition) is 3. The van der Waals surface area contributed by atoms with E-state index in [1.807, 2.05) is 6.07 Å². The van der Waals surface area contributed by atoms with E-state index in [0.29, 0.717) is 6.04 Å². The lowest BCUT2D eigenvalue weighted by molar-refractivity contribution is 0.406. The third kappa shape index (κ3) is 2.19. The van der Waals surface area contributed by atoms with Crippen LogP contribution in [0.5, 0.6) is 0 Å². The third-order valence-corrected chi connectivity index (χ3v) is 1.18. The Bertz CT molecular complexity index is 170. The maximum Gasteiger partial charge on any atom is 0.124 e. The highest BCUT2D eigenvalue weighted by Gasteiger charge is 1.96. The van der Waals surface area contributed by atoms with E-state index in [4.69, 9.17) is 0 Å². The minimum Gasteiger partial charge on any atom is -0.364 e. The van der Waals surface area contributed by atoms with Crippen LogP contribution in [0.25, 0.3) is 0 Å². The molecular formula is C7H12N2O. The van der Waals surface area contributed by atoms with Gasteiger partial charge in [-0.05, 0) is 0 Å². The summed E-state index contributed by atoms with van der Waals surface area (Å²) in [5.74, 6) is 0. The zero-order valence-corrected chi connectivity index (χ0v) is 6.29. The van der Waals surface area contributed by atoms with Crippen LogP contribution in [0.1, 0.15) is 19.5 Å². The Morgan fingerprint density at radius 3 is 3.00 bits per heavy atom. The van der Waals surface area contributed by atoms with E-state index in [0.717, 1.165) is 12.2 Å². The Balaban J connectivity index is 2.28. The number of hydrogen-bond donors (Lipinski definition) is 1. The summed E-state index contributed by atoms with van der Waals surface area (Å²) in [6.07, 6.45) is 1.58. The van der Waals surface area contributed by atoms with Gasteiger partial charge in [-0.15, -0.1) is 0 Å². The molecule has 0 saturated heterocycles. The van der Waals surface area contributed by atoms with Crippen molar-refractivity contribution in [2.24, 2.45) is 0 Å². The van der Waals surface area contributed by atoms with Crippen LogP contribution in [0.4, 0.5) is 0 Å². The lowest BCUT2D eigenvalue weighted by Gasteiger charge is -2.03. The van der Waals surface area contributed by atoms with Crippen molar-refractivity contribution in [3.05, 3.63) is 18.0 Å². The minimum atomic E-state index is 0.497. The molecule has 0 amide bonds. The maximum absolute atomic E-state index is 4.66. The fraction of sp³-hybridized carbons (Fsp3) is 0.571. The van der Waals surface area contributed by atoms with Crippen LogP contribution in [-0.4, -0.2) is 11.2 Å². The van der Waals surface area contributed by atoms with Gasteiger partial charge in [0, 0.05) is 18.7 Å². The van der Waals surface area contributed by atoms with Crippen molar-refractivity contribution in [3.8, 4) is 0 Å². The molecule has 3 heteroatoms. The molecule has 1 N–H and O–H groups in total. The summed E-state index contributed by atoms with van der Waals surface area (Å²) in [6, 6.07) is 2.35. The molecule has 1 heterocycles. The maximum atomic E-state index is 4.66. The van der Waals surface area contributed by atoms with E-state index in [2.05, 4.69) is 28.8 Å². The highest BCUT2D eigenvalue weighted by atomic mass is 16.5. The van der Waals surface area contributed by atoms with Crippen LogP contribution in [-0.2, 0) is 6.54 Å². The van der Waals surface area contributed by atoms with E-state index in [1.54, 1.807) is 6.26 Å². The topological polar surface area (TPSA) is 38.1 Å². The molecule has 56 valence electrons. The second-order valence-corrected chi connectivity index (χ2v) is 2.53. The summed E-state index contributed by atoms with van der Waals surface area (Å²) in [7, 11) is 0. The molecule has 0 radical (unpaired) electrons. The normalized spacial score (nSPS) is 10.7. The number of nitrogens with zero attached hydrogens (tertiary/aromatic N) is 1. The predicted octanol–water partition coefficient (Wildman–Crippen LogP) is 1.17. The van der Waals surface area contributed by atoms with Crippen LogP contribution >= 0.6 is 0 Å². The Kier molecular flexibility index (Phi) is 2.45. The molecule has 0 aliphatic heterocycles. The van der Waals surface area contributed by atoms with Gasteiger partial charge in [0.05, 0.1) is 5.69 Å². The zero-order valence-electron chi connectivity index (χ0n) is 6.29. The molecule has 1 aromatic rings. The monoisotopic (exact) mass is 140 g/mol. The Morgan fingerprint density at radius 2 is 2.50 bits per heavy atom. The second kappa shape index (κ2) is 3.37. The number of rotatable bonds is 3. The first-order valence-electron chi connectivity index (χ1n) is 3.41. The Hall–Kier alpha value is -0.830. The van der Waals surface area contributed by atoms with Crippen LogP contribution in [0.2, 0.25) is 0 Å². The summed E-state index contributed by atoms with van der Waals surface area (Å²) in [5, 5.41) is 6.98. The van der Waals surface area contributed by atoms with E-state index >= 15 is 0 Å². The second-order valence-electron chi connectivity index (χ2n) is 2.53. The quantitative estimate of drug-likeness (QED) is 0.685. The molecule has 0 unspecified atom stereocenters. The highest BCUT2D eigenvalue weighted by Crippen LogP contribution is 1.93. The third-order valence-electron chi connectivity index (χ3n) is 1.18. The molecule has 0 saturated carbocycles. The zero-order chi connectivity index (χ0) is 7.40. The van der Waals surface area contributed by atoms with E-state index in [9.17, 15) is 0 Å². The molecule has 0 spiro atoms. The van der Waals surface area contributed by atoms with Crippen molar-refractivity contribution in [2.75, 3.05) is 0 Å². The van der Waals surface area contributed by atoms with E-state index in [-0.39, 0.29) is 0 Å². The van der Waals surface area contributed by atoms with Gasteiger partial charge in [0.25, 0.3) is 0 Å². The highest BCUT2D eigenvalue weighted by molar-refractivity contribution is 4.94. The van der Waals surface area contributed by atoms with Crippen molar-refractivity contribution in [1.29, 1.82) is 0 Å². The molecule has 0 aliphatic rings. The summed E-state index contributed by atoms with van der Waals surface area (Å²) >= 11 is 0. The van der Waals surface area contributed by atoms with Gasteiger partial charge in [0.2, 0.25) is 0 Å². The lowest BCUT2D eigenvalue weighted by Crippen LogP contribution is -2.21. The van der Waals surface area contributed by atoms with Crippen LogP contribution < -0.4 is 5.32 Å². The first kappa shape index (κ1) is 7.28. The van der Waals surface area contributed by atoms with Crippen LogP contribution in [0, 0.1) is 0 Å². The first-order chi connectivity index (χ1) is 4.79. The molecule has 0 aliphatic carbocycles. The lowest BCUT2D eigenvalue weighted by atomic mass is 10.3.